The second-order valence-corrected chi connectivity index (χ2v) is 6.22. The van der Waals surface area contributed by atoms with Crippen LogP contribution in [0.25, 0.3) is 28.1 Å². The van der Waals surface area contributed by atoms with E-state index in [1.54, 1.807) is 24.3 Å². The van der Waals surface area contributed by atoms with E-state index in [9.17, 15) is 9.90 Å². The van der Waals surface area contributed by atoms with Crippen molar-refractivity contribution in [2.45, 2.75) is 0 Å². The first kappa shape index (κ1) is 16.7. The molecular formula is C24H17NO2. The minimum Gasteiger partial charge on any atom is -0.507 e. The number of para-hydroxylation sites is 2. The van der Waals surface area contributed by atoms with Gasteiger partial charge in [0.2, 0.25) is 0 Å². The number of hydrogen-bond donors (Lipinski definition) is 1. The number of carbonyl (C=O) groups excluding carboxylic acids is 1. The zero-order valence-electron chi connectivity index (χ0n) is 14.5. The molecule has 0 bridgehead atoms. The number of rotatable bonds is 4. The molecule has 3 aromatic carbocycles. The number of phenols is 1. The first-order valence-electron chi connectivity index (χ1n) is 8.67. The molecule has 0 atom stereocenters. The zero-order chi connectivity index (χ0) is 18.6. The summed E-state index contributed by atoms with van der Waals surface area (Å²) in [4.78, 5) is 16.9. The summed E-state index contributed by atoms with van der Waals surface area (Å²) in [6.45, 7) is 0. The van der Waals surface area contributed by atoms with Crippen molar-refractivity contribution < 1.29 is 9.90 Å². The number of benzene rings is 3. The second kappa shape index (κ2) is 7.26. The number of pyridine rings is 1. The fraction of sp³-hybridized carbons (Fsp3) is 0. The summed E-state index contributed by atoms with van der Waals surface area (Å²) in [7, 11) is 0. The molecule has 0 aliphatic rings. The fourth-order valence-corrected chi connectivity index (χ4v) is 3.06. The average Bonchev–Trinajstić information content (AvgIpc) is 2.72. The SMILES string of the molecule is O=C(/C=C/c1ccccc1-c1cnc2ccccc2c1)c1ccccc1O. The molecule has 0 aliphatic heterocycles. The van der Waals surface area contributed by atoms with E-state index < -0.39 is 0 Å². The summed E-state index contributed by atoms with van der Waals surface area (Å²) in [5, 5.41) is 10.9. The quantitative estimate of drug-likeness (QED) is 0.390. The number of carbonyl (C=O) groups is 1. The Bertz CT molecular complexity index is 1160. The van der Waals surface area contributed by atoms with Gasteiger partial charge in [-0.05, 0) is 41.5 Å². The molecule has 0 saturated heterocycles. The van der Waals surface area contributed by atoms with Gasteiger partial charge < -0.3 is 5.11 Å². The third-order valence-corrected chi connectivity index (χ3v) is 4.45. The van der Waals surface area contributed by atoms with E-state index in [-0.39, 0.29) is 11.5 Å². The number of aromatic hydroxyl groups is 1. The number of aromatic nitrogens is 1. The molecule has 1 aromatic heterocycles. The number of fused-ring (bicyclic) bond motifs is 1. The Labute approximate surface area is 157 Å². The van der Waals surface area contributed by atoms with Crippen molar-refractivity contribution in [1.82, 2.24) is 4.98 Å². The molecule has 4 aromatic rings. The van der Waals surface area contributed by atoms with E-state index in [1.807, 2.05) is 54.7 Å². The summed E-state index contributed by atoms with van der Waals surface area (Å²) in [5.74, 6) is -0.251. The molecule has 0 radical (unpaired) electrons. The Kier molecular flexibility index (Phi) is 4.50. The lowest BCUT2D eigenvalue weighted by molar-refractivity contribution is 0.104. The molecule has 0 amide bonds. The molecule has 4 rings (SSSR count). The summed E-state index contributed by atoms with van der Waals surface area (Å²) in [6.07, 6.45) is 5.11. The van der Waals surface area contributed by atoms with E-state index in [4.69, 9.17) is 0 Å². The van der Waals surface area contributed by atoms with Gasteiger partial charge >= 0.3 is 0 Å². The summed E-state index contributed by atoms with van der Waals surface area (Å²) in [6, 6.07) is 24.5. The lowest BCUT2D eigenvalue weighted by Crippen LogP contribution is -1.94. The highest BCUT2D eigenvalue weighted by Crippen LogP contribution is 2.27. The lowest BCUT2D eigenvalue weighted by Gasteiger charge is -2.07. The predicted molar refractivity (Wildman–Crippen MR) is 109 cm³/mol. The number of phenolic OH excluding ortho intramolecular Hbond substituents is 1. The van der Waals surface area contributed by atoms with Gasteiger partial charge in [0.25, 0.3) is 0 Å². The van der Waals surface area contributed by atoms with Crippen LogP contribution in [0.5, 0.6) is 5.75 Å². The Hall–Kier alpha value is -3.72. The highest BCUT2D eigenvalue weighted by atomic mass is 16.3. The predicted octanol–water partition coefficient (Wildman–Crippen LogP) is 5.50. The molecule has 3 nitrogen and oxygen atoms in total. The van der Waals surface area contributed by atoms with Crippen LogP contribution in [0, 0.1) is 0 Å². The molecule has 0 fully saturated rings. The standard InChI is InChI=1S/C24H17NO2/c26-23-12-6-4-10-21(23)24(27)14-13-17-7-1-3-9-20(17)19-15-18-8-2-5-11-22(18)25-16-19/h1-16,26H/b14-13+. The Morgan fingerprint density at radius 2 is 1.63 bits per heavy atom. The van der Waals surface area contributed by atoms with E-state index >= 15 is 0 Å². The smallest absolute Gasteiger partial charge is 0.189 e. The highest BCUT2D eigenvalue weighted by Gasteiger charge is 2.08. The number of hydrogen-bond acceptors (Lipinski definition) is 3. The molecule has 130 valence electrons. The third-order valence-electron chi connectivity index (χ3n) is 4.45. The van der Waals surface area contributed by atoms with Crippen molar-refractivity contribution in [2.75, 3.05) is 0 Å². The molecule has 0 spiro atoms. The maximum atomic E-state index is 12.4. The normalized spacial score (nSPS) is 11.1. The van der Waals surface area contributed by atoms with Crippen molar-refractivity contribution in [2.24, 2.45) is 0 Å². The van der Waals surface area contributed by atoms with Gasteiger partial charge in [-0.25, -0.2) is 0 Å². The van der Waals surface area contributed by atoms with Crippen molar-refractivity contribution in [3.63, 3.8) is 0 Å². The first-order valence-corrected chi connectivity index (χ1v) is 8.67. The Balaban J connectivity index is 1.70. The number of allylic oxidation sites excluding steroid dienone is 1. The Morgan fingerprint density at radius 1 is 0.889 bits per heavy atom. The summed E-state index contributed by atoms with van der Waals surface area (Å²) in [5.41, 5.74) is 4.14. The van der Waals surface area contributed by atoms with Crippen LogP contribution in [0.15, 0.2) is 91.1 Å². The zero-order valence-corrected chi connectivity index (χ0v) is 14.5. The molecule has 0 unspecified atom stereocenters. The fourth-order valence-electron chi connectivity index (χ4n) is 3.06. The molecule has 0 saturated carbocycles. The maximum absolute atomic E-state index is 12.4. The first-order chi connectivity index (χ1) is 13.2. The van der Waals surface area contributed by atoms with Crippen LogP contribution in [-0.2, 0) is 0 Å². The largest absolute Gasteiger partial charge is 0.507 e. The number of ketones is 1. The monoisotopic (exact) mass is 351 g/mol. The van der Waals surface area contributed by atoms with Crippen LogP contribution in [0.4, 0.5) is 0 Å². The minimum absolute atomic E-state index is 0.0147. The van der Waals surface area contributed by atoms with Crippen LogP contribution in [0.3, 0.4) is 0 Å². The van der Waals surface area contributed by atoms with Crippen LogP contribution in [-0.4, -0.2) is 15.9 Å². The molecular weight excluding hydrogens is 334 g/mol. The molecule has 1 N–H and O–H groups in total. The average molecular weight is 351 g/mol. The summed E-state index contributed by atoms with van der Waals surface area (Å²) >= 11 is 0. The molecule has 3 heteroatoms. The number of nitrogens with zero attached hydrogens (tertiary/aromatic N) is 1. The van der Waals surface area contributed by atoms with Crippen molar-refractivity contribution >= 4 is 22.8 Å². The lowest BCUT2D eigenvalue weighted by atomic mass is 9.99. The van der Waals surface area contributed by atoms with Gasteiger partial charge in [-0.1, -0.05) is 60.7 Å². The van der Waals surface area contributed by atoms with Gasteiger partial charge in [-0.3, -0.25) is 9.78 Å². The van der Waals surface area contributed by atoms with Crippen molar-refractivity contribution in [3.05, 3.63) is 102 Å². The van der Waals surface area contributed by atoms with Gasteiger partial charge in [0, 0.05) is 17.1 Å². The maximum Gasteiger partial charge on any atom is 0.189 e. The van der Waals surface area contributed by atoms with Gasteiger partial charge in [0.05, 0.1) is 11.1 Å². The molecule has 27 heavy (non-hydrogen) atoms. The van der Waals surface area contributed by atoms with E-state index in [0.29, 0.717) is 5.56 Å². The van der Waals surface area contributed by atoms with Gasteiger partial charge in [0.15, 0.2) is 5.78 Å². The van der Waals surface area contributed by atoms with Crippen molar-refractivity contribution in [3.8, 4) is 16.9 Å². The van der Waals surface area contributed by atoms with Gasteiger partial charge in [-0.2, -0.15) is 0 Å². The Morgan fingerprint density at radius 3 is 2.52 bits per heavy atom. The topological polar surface area (TPSA) is 50.2 Å². The molecule has 1 heterocycles. The van der Waals surface area contributed by atoms with E-state index in [1.165, 1.54) is 12.1 Å². The van der Waals surface area contributed by atoms with Gasteiger partial charge in [0.1, 0.15) is 5.75 Å². The van der Waals surface area contributed by atoms with Gasteiger partial charge in [-0.15, -0.1) is 0 Å². The highest BCUT2D eigenvalue weighted by molar-refractivity contribution is 6.08. The molecule has 0 aliphatic carbocycles. The minimum atomic E-state index is -0.237. The third kappa shape index (κ3) is 3.48. The van der Waals surface area contributed by atoms with Crippen LogP contribution in [0.1, 0.15) is 15.9 Å². The van der Waals surface area contributed by atoms with Crippen LogP contribution >= 0.6 is 0 Å². The summed E-state index contributed by atoms with van der Waals surface area (Å²) < 4.78 is 0. The second-order valence-electron chi connectivity index (χ2n) is 6.22. The van der Waals surface area contributed by atoms with E-state index in [0.717, 1.165) is 27.6 Å². The van der Waals surface area contributed by atoms with Crippen molar-refractivity contribution in [1.29, 1.82) is 0 Å². The van der Waals surface area contributed by atoms with Crippen LogP contribution < -0.4 is 0 Å². The van der Waals surface area contributed by atoms with E-state index in [2.05, 4.69) is 11.1 Å². The van der Waals surface area contributed by atoms with Crippen LogP contribution in [0.2, 0.25) is 0 Å².